The lowest BCUT2D eigenvalue weighted by atomic mass is 9.95. The molecule has 0 aromatic heterocycles. The molecule has 0 bridgehead atoms. The van der Waals surface area contributed by atoms with Gasteiger partial charge in [0.05, 0.1) is 29.0 Å². The second-order valence-corrected chi connectivity index (χ2v) is 11.0. The van der Waals surface area contributed by atoms with E-state index in [2.05, 4.69) is 16.5 Å². The fraction of sp³-hybridized carbons (Fsp3) is 0.435. The van der Waals surface area contributed by atoms with Crippen LogP contribution in [-0.2, 0) is 10.5 Å². The van der Waals surface area contributed by atoms with Gasteiger partial charge in [-0.15, -0.1) is 22.5 Å². The number of thioether (sulfide) groups is 1. The standard InChI is InChI=1S/C23H32N2O5S2/c1-4-5-11-23(2)16-25(18-9-7-6-8-10-18)19-13-20(30-3)17(14-31-15-22(26)27)12-21(19)32(28,29)24-23/h6-10,12-13,24,28-29H,4-5,11,14-16H2,1-3H3,(H,26,27). The molecular weight excluding hydrogens is 448 g/mol. The number of rotatable bonds is 9. The average Bonchev–Trinajstić information content (AvgIpc) is 2.84. The van der Waals surface area contributed by atoms with Gasteiger partial charge < -0.3 is 14.7 Å². The Morgan fingerprint density at radius 3 is 2.62 bits per heavy atom. The number of aliphatic carboxylic acids is 1. The molecule has 0 fully saturated rings. The number of carbonyl (C=O) groups is 1. The Labute approximate surface area is 195 Å². The number of benzene rings is 2. The first kappa shape index (κ1) is 24.7. The van der Waals surface area contributed by atoms with Crippen molar-refractivity contribution in [3.8, 4) is 5.75 Å². The van der Waals surface area contributed by atoms with Gasteiger partial charge in [0.2, 0.25) is 0 Å². The molecule has 2 aromatic rings. The van der Waals surface area contributed by atoms with Gasteiger partial charge in [-0.1, -0.05) is 38.0 Å². The zero-order valence-corrected chi connectivity index (χ0v) is 20.3. The van der Waals surface area contributed by atoms with E-state index in [-0.39, 0.29) is 5.75 Å². The SMILES string of the molecule is CCCCC1(C)CN(c2ccccc2)c2cc(OC)c(CSCC(=O)O)cc2S(O)(O)N1. The number of ether oxygens (including phenoxy) is 1. The molecule has 0 aliphatic carbocycles. The molecule has 9 heteroatoms. The third kappa shape index (κ3) is 5.71. The van der Waals surface area contributed by atoms with Gasteiger partial charge in [-0.25, -0.2) is 4.72 Å². The van der Waals surface area contributed by atoms with Crippen molar-refractivity contribution in [2.24, 2.45) is 0 Å². The van der Waals surface area contributed by atoms with Gasteiger partial charge in [0, 0.05) is 29.6 Å². The van der Waals surface area contributed by atoms with E-state index in [4.69, 9.17) is 9.84 Å². The van der Waals surface area contributed by atoms with Gasteiger partial charge in [-0.3, -0.25) is 13.9 Å². The fourth-order valence-corrected chi connectivity index (χ4v) is 6.43. The number of methoxy groups -OCH3 is 1. The lowest BCUT2D eigenvalue weighted by molar-refractivity contribution is -0.133. The Hall–Kier alpha value is -1.91. The molecule has 1 heterocycles. The number of unbranched alkanes of at least 4 members (excludes halogenated alkanes) is 1. The van der Waals surface area contributed by atoms with Crippen LogP contribution in [-0.4, -0.2) is 45.1 Å². The second kappa shape index (κ2) is 10.4. The number of nitrogens with zero attached hydrogens (tertiary/aromatic N) is 1. The van der Waals surface area contributed by atoms with Crippen LogP contribution in [0, 0.1) is 0 Å². The molecule has 176 valence electrons. The maximum Gasteiger partial charge on any atom is 0.313 e. The van der Waals surface area contributed by atoms with Crippen LogP contribution < -0.4 is 14.4 Å². The van der Waals surface area contributed by atoms with E-state index in [0.29, 0.717) is 28.6 Å². The summed E-state index contributed by atoms with van der Waals surface area (Å²) in [6, 6.07) is 13.5. The number of nitrogens with one attached hydrogen (secondary N) is 1. The topological polar surface area (TPSA) is 102 Å². The van der Waals surface area contributed by atoms with E-state index in [1.165, 1.54) is 11.8 Å². The molecule has 0 amide bonds. The van der Waals surface area contributed by atoms with Gasteiger partial charge in [-0.05, 0) is 31.5 Å². The molecule has 0 saturated carbocycles. The van der Waals surface area contributed by atoms with E-state index in [0.717, 1.165) is 30.5 Å². The number of fused-ring (bicyclic) bond motifs is 1. The van der Waals surface area contributed by atoms with Crippen molar-refractivity contribution in [1.82, 2.24) is 4.72 Å². The van der Waals surface area contributed by atoms with Crippen molar-refractivity contribution in [3.05, 3.63) is 48.0 Å². The largest absolute Gasteiger partial charge is 0.496 e. The molecule has 0 spiro atoms. The van der Waals surface area contributed by atoms with Crippen molar-refractivity contribution in [2.75, 3.05) is 24.3 Å². The Bertz CT molecular complexity index is 941. The van der Waals surface area contributed by atoms with Crippen LogP contribution in [0.3, 0.4) is 0 Å². The van der Waals surface area contributed by atoms with Crippen LogP contribution in [0.2, 0.25) is 0 Å². The fourth-order valence-electron chi connectivity index (χ4n) is 3.98. The highest BCUT2D eigenvalue weighted by atomic mass is 32.3. The maximum absolute atomic E-state index is 11.3. The summed E-state index contributed by atoms with van der Waals surface area (Å²) in [4.78, 5) is 13.4. The molecule has 4 N–H and O–H groups in total. The smallest absolute Gasteiger partial charge is 0.313 e. The molecule has 32 heavy (non-hydrogen) atoms. The summed E-state index contributed by atoms with van der Waals surface area (Å²) < 4.78 is 31.3. The summed E-state index contributed by atoms with van der Waals surface area (Å²) in [5.41, 5.74) is 1.82. The predicted molar refractivity (Wildman–Crippen MR) is 132 cm³/mol. The molecule has 0 radical (unpaired) electrons. The Balaban J connectivity index is 2.13. The van der Waals surface area contributed by atoms with Gasteiger partial charge in [0.15, 0.2) is 0 Å². The normalized spacial score (nSPS) is 20.8. The van der Waals surface area contributed by atoms with Crippen LogP contribution in [0.25, 0.3) is 0 Å². The van der Waals surface area contributed by atoms with E-state index >= 15 is 0 Å². The predicted octanol–water partition coefficient (Wildman–Crippen LogP) is 5.73. The van der Waals surface area contributed by atoms with Gasteiger partial charge in [0.25, 0.3) is 0 Å². The summed E-state index contributed by atoms with van der Waals surface area (Å²) >= 11 is 1.24. The maximum atomic E-state index is 11.3. The zero-order chi connectivity index (χ0) is 23.4. The van der Waals surface area contributed by atoms with Crippen molar-refractivity contribution in [1.29, 1.82) is 0 Å². The number of hydrogen-bond acceptors (Lipinski definition) is 7. The van der Waals surface area contributed by atoms with Gasteiger partial charge in [0.1, 0.15) is 5.75 Å². The summed E-state index contributed by atoms with van der Waals surface area (Å²) in [5.74, 6) is 0.0444. The molecular formula is C23H32N2O5S2. The molecule has 0 saturated heterocycles. The lowest BCUT2D eigenvalue weighted by Crippen LogP contribution is -2.49. The molecule has 1 atom stereocenters. The highest BCUT2D eigenvalue weighted by Gasteiger charge is 2.39. The van der Waals surface area contributed by atoms with Crippen LogP contribution >= 0.6 is 22.5 Å². The number of anilines is 2. The first-order valence-corrected chi connectivity index (χ1v) is 13.3. The minimum atomic E-state index is -3.32. The monoisotopic (exact) mass is 480 g/mol. The molecule has 1 aliphatic heterocycles. The van der Waals surface area contributed by atoms with E-state index in [1.54, 1.807) is 13.2 Å². The van der Waals surface area contributed by atoms with Crippen molar-refractivity contribution >= 4 is 39.9 Å². The number of para-hydroxylation sites is 1. The summed E-state index contributed by atoms with van der Waals surface area (Å²) in [5, 5.41) is 8.97. The second-order valence-electron chi connectivity index (χ2n) is 8.26. The Kier molecular flexibility index (Phi) is 8.00. The lowest BCUT2D eigenvalue weighted by Gasteiger charge is -2.40. The van der Waals surface area contributed by atoms with Crippen LogP contribution in [0.1, 0.15) is 38.7 Å². The Morgan fingerprint density at radius 1 is 1.28 bits per heavy atom. The molecule has 1 aliphatic rings. The number of carboxylic acids is 1. The first-order valence-electron chi connectivity index (χ1n) is 10.6. The zero-order valence-electron chi connectivity index (χ0n) is 18.7. The summed E-state index contributed by atoms with van der Waals surface area (Å²) in [7, 11) is -1.75. The highest BCUT2D eigenvalue weighted by Crippen LogP contribution is 2.56. The van der Waals surface area contributed by atoms with Gasteiger partial charge >= 0.3 is 5.97 Å². The van der Waals surface area contributed by atoms with E-state index < -0.39 is 22.3 Å². The van der Waals surface area contributed by atoms with Crippen molar-refractivity contribution < 1.29 is 23.7 Å². The van der Waals surface area contributed by atoms with Crippen LogP contribution in [0.5, 0.6) is 5.75 Å². The van der Waals surface area contributed by atoms with Gasteiger partial charge in [-0.2, -0.15) is 0 Å². The molecule has 1 unspecified atom stereocenters. The van der Waals surface area contributed by atoms with Crippen LogP contribution in [0.15, 0.2) is 47.4 Å². The van der Waals surface area contributed by atoms with E-state index in [9.17, 15) is 13.9 Å². The molecule has 3 rings (SSSR count). The summed E-state index contributed by atoms with van der Waals surface area (Å²) in [6.45, 7) is 4.70. The third-order valence-corrected chi connectivity index (χ3v) is 8.17. The Morgan fingerprint density at radius 2 is 2.00 bits per heavy atom. The number of carboxylic acid groups (broad SMARTS) is 1. The minimum Gasteiger partial charge on any atom is -0.496 e. The van der Waals surface area contributed by atoms with E-state index in [1.807, 2.05) is 43.3 Å². The molecule has 2 aromatic carbocycles. The highest BCUT2D eigenvalue weighted by molar-refractivity contribution is 8.22. The molecule has 7 nitrogen and oxygen atoms in total. The van der Waals surface area contributed by atoms with Crippen LogP contribution in [0.4, 0.5) is 11.4 Å². The quantitative estimate of drug-likeness (QED) is 0.361. The van der Waals surface area contributed by atoms with Crippen molar-refractivity contribution in [3.63, 3.8) is 0 Å². The third-order valence-electron chi connectivity index (χ3n) is 5.49. The minimum absolute atomic E-state index is 0.0417. The van der Waals surface area contributed by atoms with Crippen molar-refractivity contribution in [2.45, 2.75) is 49.3 Å². The first-order chi connectivity index (χ1) is 15.2. The number of hydrogen-bond donors (Lipinski definition) is 4. The average molecular weight is 481 g/mol. The summed E-state index contributed by atoms with van der Waals surface area (Å²) in [6.07, 6.45) is 2.75.